The first kappa shape index (κ1) is 21.6. The highest BCUT2D eigenvalue weighted by molar-refractivity contribution is 6.00. The van der Waals surface area contributed by atoms with Gasteiger partial charge in [-0.15, -0.1) is 0 Å². The Hall–Kier alpha value is -3.07. The van der Waals surface area contributed by atoms with Crippen LogP contribution in [-0.4, -0.2) is 47.3 Å². The molecule has 0 spiro atoms. The second kappa shape index (κ2) is 10.6. The summed E-state index contributed by atoms with van der Waals surface area (Å²) in [4.78, 5) is 33.4. The lowest BCUT2D eigenvalue weighted by molar-refractivity contribution is -0.122. The lowest BCUT2D eigenvalue weighted by Crippen LogP contribution is -2.41. The topological polar surface area (TPSA) is 122 Å². The van der Waals surface area contributed by atoms with Gasteiger partial charge < -0.3 is 21.7 Å². The van der Waals surface area contributed by atoms with Crippen LogP contribution in [0, 0.1) is 5.82 Å². The molecule has 1 aromatic heterocycles. The molecular formula is C21H27FN6O2. The number of hydrogen-bond acceptors (Lipinski definition) is 7. The van der Waals surface area contributed by atoms with E-state index in [0.29, 0.717) is 62.6 Å². The van der Waals surface area contributed by atoms with E-state index in [0.717, 1.165) is 5.56 Å². The van der Waals surface area contributed by atoms with Crippen LogP contribution in [-0.2, 0) is 11.2 Å². The van der Waals surface area contributed by atoms with Crippen LogP contribution in [0.3, 0.4) is 0 Å². The van der Waals surface area contributed by atoms with Gasteiger partial charge in [-0.05, 0) is 43.4 Å². The zero-order valence-corrected chi connectivity index (χ0v) is 16.8. The van der Waals surface area contributed by atoms with Crippen molar-refractivity contribution in [2.24, 2.45) is 5.73 Å². The molecule has 1 aliphatic rings. The van der Waals surface area contributed by atoms with Crippen molar-refractivity contribution in [3.8, 4) is 0 Å². The fraction of sp³-hybridized carbons (Fsp3) is 0.429. The molecule has 2 bridgehead atoms. The molecule has 0 saturated heterocycles. The van der Waals surface area contributed by atoms with Gasteiger partial charge in [0.25, 0.3) is 0 Å². The number of rotatable bonds is 4. The van der Waals surface area contributed by atoms with E-state index in [9.17, 15) is 14.0 Å². The number of benzene rings is 1. The summed E-state index contributed by atoms with van der Waals surface area (Å²) in [7, 11) is 0. The predicted octanol–water partition coefficient (Wildman–Crippen LogP) is 1.88. The smallest absolute Gasteiger partial charge is 0.236 e. The molecule has 160 valence electrons. The minimum atomic E-state index is -0.555. The van der Waals surface area contributed by atoms with Crippen molar-refractivity contribution in [1.82, 2.24) is 15.3 Å². The third kappa shape index (κ3) is 6.21. The Morgan fingerprint density at radius 2 is 1.83 bits per heavy atom. The summed E-state index contributed by atoms with van der Waals surface area (Å²) in [5, 5.41) is 9.10. The highest BCUT2D eigenvalue weighted by Gasteiger charge is 2.17. The van der Waals surface area contributed by atoms with E-state index < -0.39 is 6.04 Å². The first-order valence-electron chi connectivity index (χ1n) is 10.2. The molecule has 0 unspecified atom stereocenters. The van der Waals surface area contributed by atoms with E-state index in [2.05, 4.69) is 25.9 Å². The zero-order chi connectivity index (χ0) is 21.3. The number of ketones is 1. The number of anilines is 2. The Bertz CT molecular complexity index is 874. The maximum atomic E-state index is 13.0. The lowest BCUT2D eigenvalue weighted by atomic mass is 10.0. The average Bonchev–Trinajstić information content (AvgIpc) is 2.75. The van der Waals surface area contributed by atoms with E-state index in [1.807, 2.05) is 0 Å². The van der Waals surface area contributed by atoms with Crippen LogP contribution in [0.25, 0.3) is 0 Å². The molecule has 0 fully saturated rings. The zero-order valence-electron chi connectivity index (χ0n) is 16.8. The van der Waals surface area contributed by atoms with Gasteiger partial charge in [0.05, 0.1) is 11.6 Å². The molecule has 2 heterocycles. The van der Waals surface area contributed by atoms with E-state index in [-0.39, 0.29) is 23.9 Å². The Labute approximate surface area is 174 Å². The molecule has 3 rings (SSSR count). The summed E-state index contributed by atoms with van der Waals surface area (Å²) in [6, 6.07) is 5.57. The summed E-state index contributed by atoms with van der Waals surface area (Å²) in [5.74, 6) is 0.341. The van der Waals surface area contributed by atoms with Gasteiger partial charge in [-0.1, -0.05) is 12.1 Å². The van der Waals surface area contributed by atoms with Gasteiger partial charge in [0.15, 0.2) is 5.78 Å². The van der Waals surface area contributed by atoms with Crippen LogP contribution in [0.4, 0.5) is 16.2 Å². The van der Waals surface area contributed by atoms with Crippen LogP contribution in [0.5, 0.6) is 0 Å². The van der Waals surface area contributed by atoms with E-state index in [4.69, 9.17) is 5.73 Å². The molecule has 9 heteroatoms. The van der Waals surface area contributed by atoms with Gasteiger partial charge in [-0.2, -0.15) is 4.98 Å². The number of amides is 1. The number of carbonyl (C=O) groups excluding carboxylic acids is 2. The summed E-state index contributed by atoms with van der Waals surface area (Å²) < 4.78 is 13.0. The average molecular weight is 414 g/mol. The van der Waals surface area contributed by atoms with E-state index >= 15 is 0 Å². The number of fused-ring (bicyclic) bond motifs is 2. The number of carbonyl (C=O) groups is 2. The molecule has 1 atom stereocenters. The number of hydrogen-bond donors (Lipinski definition) is 4. The van der Waals surface area contributed by atoms with Crippen LogP contribution < -0.4 is 21.7 Å². The molecule has 1 aromatic carbocycles. The van der Waals surface area contributed by atoms with Gasteiger partial charge in [0.1, 0.15) is 11.6 Å². The van der Waals surface area contributed by atoms with Crippen molar-refractivity contribution >= 4 is 23.5 Å². The van der Waals surface area contributed by atoms with Crippen LogP contribution in [0.2, 0.25) is 0 Å². The number of nitrogens with one attached hydrogen (secondary N) is 3. The maximum Gasteiger partial charge on any atom is 0.236 e. The van der Waals surface area contributed by atoms with Crippen molar-refractivity contribution in [2.45, 2.75) is 38.1 Å². The third-order valence-electron chi connectivity index (χ3n) is 4.90. The summed E-state index contributed by atoms with van der Waals surface area (Å²) in [5.41, 5.74) is 7.22. The van der Waals surface area contributed by atoms with E-state index in [1.54, 1.807) is 12.1 Å². The monoisotopic (exact) mass is 414 g/mol. The molecule has 1 amide bonds. The molecular weight excluding hydrogens is 387 g/mol. The van der Waals surface area contributed by atoms with Gasteiger partial charge >= 0.3 is 0 Å². The van der Waals surface area contributed by atoms with Gasteiger partial charge in [-0.3, -0.25) is 9.59 Å². The minimum Gasteiger partial charge on any atom is -0.369 e. The number of Topliss-reactive ketones (excluding diaryl/α,β-unsaturated/α-hetero) is 1. The fourth-order valence-electron chi connectivity index (χ4n) is 3.14. The molecule has 0 radical (unpaired) electrons. The SMILES string of the molecule is N[C@H]1CCCNc2nc(ncc2C(=O)CCc2ccc(F)cc2)NCCCNC1=O. The summed E-state index contributed by atoms with van der Waals surface area (Å²) >= 11 is 0. The summed E-state index contributed by atoms with van der Waals surface area (Å²) in [6.45, 7) is 1.62. The van der Waals surface area contributed by atoms with Crippen LogP contribution in [0.1, 0.15) is 41.6 Å². The van der Waals surface area contributed by atoms with Crippen LogP contribution in [0.15, 0.2) is 30.5 Å². The van der Waals surface area contributed by atoms with Gasteiger partial charge in [0, 0.05) is 32.3 Å². The molecule has 5 N–H and O–H groups in total. The summed E-state index contributed by atoms with van der Waals surface area (Å²) in [6.07, 6.45) is 4.18. The molecule has 30 heavy (non-hydrogen) atoms. The highest BCUT2D eigenvalue weighted by Crippen LogP contribution is 2.18. The van der Waals surface area contributed by atoms with E-state index in [1.165, 1.54) is 18.3 Å². The van der Waals surface area contributed by atoms with Crippen LogP contribution >= 0.6 is 0 Å². The molecule has 8 nitrogen and oxygen atoms in total. The molecule has 0 aliphatic carbocycles. The molecule has 0 saturated carbocycles. The lowest BCUT2D eigenvalue weighted by Gasteiger charge is -2.16. The second-order valence-electron chi connectivity index (χ2n) is 7.25. The largest absolute Gasteiger partial charge is 0.369 e. The van der Waals surface area contributed by atoms with Crippen molar-refractivity contribution < 1.29 is 14.0 Å². The maximum absolute atomic E-state index is 13.0. The molecule has 2 aromatic rings. The highest BCUT2D eigenvalue weighted by atomic mass is 19.1. The van der Waals surface area contributed by atoms with Gasteiger partial charge in [0.2, 0.25) is 11.9 Å². The standard InChI is InChI=1S/C21H27FN6O2/c22-15-7-4-14(5-8-15)6-9-18(29)16-13-27-21-26-12-2-11-25-20(30)17(23)3-1-10-24-19(16)28-21/h4-5,7-8,13,17H,1-3,6,9-12,23H2,(H,25,30)(H2,24,26,27,28)/t17-/m0/s1. The number of nitrogens with zero attached hydrogens (tertiary/aromatic N) is 2. The third-order valence-corrected chi connectivity index (χ3v) is 4.90. The number of halogens is 1. The molecule has 1 aliphatic heterocycles. The van der Waals surface area contributed by atoms with Crippen molar-refractivity contribution in [3.63, 3.8) is 0 Å². The first-order chi connectivity index (χ1) is 14.5. The van der Waals surface area contributed by atoms with Gasteiger partial charge in [-0.25, -0.2) is 9.37 Å². The quantitative estimate of drug-likeness (QED) is 0.564. The van der Waals surface area contributed by atoms with Crippen molar-refractivity contribution in [3.05, 3.63) is 47.4 Å². The fourth-order valence-corrected chi connectivity index (χ4v) is 3.14. The number of nitrogens with two attached hydrogens (primary N) is 1. The Balaban J connectivity index is 1.69. The first-order valence-corrected chi connectivity index (χ1v) is 10.2. The Kier molecular flexibility index (Phi) is 7.67. The Morgan fingerprint density at radius 3 is 2.63 bits per heavy atom. The number of aryl methyl sites for hydroxylation is 1. The van der Waals surface area contributed by atoms with Crippen molar-refractivity contribution in [1.29, 1.82) is 0 Å². The predicted molar refractivity (Wildman–Crippen MR) is 113 cm³/mol. The number of aromatic nitrogens is 2. The normalized spacial score (nSPS) is 17.8. The van der Waals surface area contributed by atoms with Crippen molar-refractivity contribution in [2.75, 3.05) is 30.3 Å². The minimum absolute atomic E-state index is 0.0921. The Morgan fingerprint density at radius 1 is 1.10 bits per heavy atom. The second-order valence-corrected chi connectivity index (χ2v) is 7.25.